The maximum absolute atomic E-state index is 8.67. The fourth-order valence-electron chi connectivity index (χ4n) is 2.59. The van der Waals surface area contributed by atoms with Gasteiger partial charge in [-0.05, 0) is 49.9 Å². The maximum Gasteiger partial charge on any atom is 0.0431 e. The highest BCUT2D eigenvalue weighted by atomic mass is 16.2. The molecule has 1 nitrogen and oxygen atoms in total. The highest BCUT2D eigenvalue weighted by Gasteiger charge is 2.41. The van der Waals surface area contributed by atoms with Gasteiger partial charge in [0.25, 0.3) is 0 Å². The van der Waals surface area contributed by atoms with E-state index < -0.39 is 0 Å². The molecular formula is C10H18O. The van der Waals surface area contributed by atoms with E-state index in [2.05, 4.69) is 0 Å². The average Bonchev–Trinajstić information content (AvgIpc) is 2.78. The van der Waals surface area contributed by atoms with Crippen LogP contribution in [0.1, 0.15) is 38.5 Å². The molecule has 0 bridgehead atoms. The van der Waals surface area contributed by atoms with Crippen LogP contribution < -0.4 is 0 Å². The van der Waals surface area contributed by atoms with E-state index in [0.717, 1.165) is 24.2 Å². The molecule has 2 saturated carbocycles. The molecule has 1 N–H and O–H groups in total. The summed E-state index contributed by atoms with van der Waals surface area (Å²) in [4.78, 5) is 0. The van der Waals surface area contributed by atoms with Crippen LogP contribution in [0.5, 0.6) is 0 Å². The van der Waals surface area contributed by atoms with Crippen molar-refractivity contribution in [2.24, 2.45) is 17.8 Å². The van der Waals surface area contributed by atoms with Crippen LogP contribution in [0, 0.1) is 17.8 Å². The Kier molecular flexibility index (Phi) is 2.17. The van der Waals surface area contributed by atoms with Gasteiger partial charge in [0.1, 0.15) is 0 Å². The second kappa shape index (κ2) is 3.14. The van der Waals surface area contributed by atoms with Crippen molar-refractivity contribution in [3.8, 4) is 0 Å². The Morgan fingerprint density at radius 3 is 2.73 bits per heavy atom. The molecular weight excluding hydrogens is 136 g/mol. The molecule has 11 heavy (non-hydrogen) atoms. The zero-order valence-corrected chi connectivity index (χ0v) is 7.13. The van der Waals surface area contributed by atoms with E-state index in [9.17, 15) is 0 Å². The number of aliphatic hydroxyl groups is 1. The highest BCUT2D eigenvalue weighted by molar-refractivity contribution is 4.92. The minimum atomic E-state index is 0.393. The van der Waals surface area contributed by atoms with Crippen molar-refractivity contribution in [1.29, 1.82) is 0 Å². The van der Waals surface area contributed by atoms with Gasteiger partial charge in [0.2, 0.25) is 0 Å². The number of rotatable bonds is 3. The predicted octanol–water partition coefficient (Wildman–Crippen LogP) is 2.20. The van der Waals surface area contributed by atoms with Crippen molar-refractivity contribution < 1.29 is 5.11 Å². The lowest BCUT2D eigenvalue weighted by atomic mass is 9.86. The van der Waals surface area contributed by atoms with Crippen LogP contribution >= 0.6 is 0 Å². The van der Waals surface area contributed by atoms with E-state index in [0.29, 0.717) is 6.61 Å². The summed E-state index contributed by atoms with van der Waals surface area (Å²) < 4.78 is 0. The second-order valence-corrected chi connectivity index (χ2v) is 4.30. The van der Waals surface area contributed by atoms with Crippen molar-refractivity contribution >= 4 is 0 Å². The van der Waals surface area contributed by atoms with Crippen molar-refractivity contribution in [2.75, 3.05) is 6.61 Å². The zero-order valence-electron chi connectivity index (χ0n) is 7.13. The highest BCUT2D eigenvalue weighted by Crippen LogP contribution is 2.52. The third-order valence-electron chi connectivity index (χ3n) is 3.42. The molecule has 0 aromatic rings. The monoisotopic (exact) mass is 154 g/mol. The van der Waals surface area contributed by atoms with E-state index in [4.69, 9.17) is 5.11 Å². The molecule has 2 fully saturated rings. The summed E-state index contributed by atoms with van der Waals surface area (Å²) in [5.41, 5.74) is 0. The topological polar surface area (TPSA) is 20.2 Å². The standard InChI is InChI=1S/C10H18O/c11-5-1-2-8-3-4-9-7-10(9)6-8/h8-11H,1-7H2. The van der Waals surface area contributed by atoms with Gasteiger partial charge in [0.05, 0.1) is 0 Å². The predicted molar refractivity (Wildman–Crippen MR) is 45.3 cm³/mol. The summed E-state index contributed by atoms with van der Waals surface area (Å²) in [6.45, 7) is 0.393. The molecule has 2 rings (SSSR count). The third-order valence-corrected chi connectivity index (χ3v) is 3.42. The molecule has 0 aliphatic heterocycles. The molecule has 3 atom stereocenters. The van der Waals surface area contributed by atoms with E-state index in [1.165, 1.54) is 32.1 Å². The van der Waals surface area contributed by atoms with Crippen LogP contribution in [0.3, 0.4) is 0 Å². The van der Waals surface area contributed by atoms with Gasteiger partial charge in [-0.2, -0.15) is 0 Å². The van der Waals surface area contributed by atoms with Gasteiger partial charge in [-0.15, -0.1) is 0 Å². The molecule has 1 heteroatoms. The summed E-state index contributed by atoms with van der Waals surface area (Å²) in [5.74, 6) is 3.19. The molecule has 0 spiro atoms. The molecule has 0 heterocycles. The zero-order chi connectivity index (χ0) is 7.68. The fourth-order valence-corrected chi connectivity index (χ4v) is 2.59. The van der Waals surface area contributed by atoms with Crippen LogP contribution in [0.4, 0.5) is 0 Å². The van der Waals surface area contributed by atoms with Crippen LogP contribution in [-0.4, -0.2) is 11.7 Å². The van der Waals surface area contributed by atoms with Gasteiger partial charge in [-0.3, -0.25) is 0 Å². The largest absolute Gasteiger partial charge is 0.396 e. The normalized spacial score (nSPS) is 41.7. The lowest BCUT2D eigenvalue weighted by Crippen LogP contribution is -2.08. The maximum atomic E-state index is 8.67. The van der Waals surface area contributed by atoms with Crippen LogP contribution in [0.15, 0.2) is 0 Å². The van der Waals surface area contributed by atoms with Crippen LogP contribution in [0.2, 0.25) is 0 Å². The van der Waals surface area contributed by atoms with Gasteiger partial charge >= 0.3 is 0 Å². The molecule has 64 valence electrons. The Balaban J connectivity index is 1.68. The summed E-state index contributed by atoms with van der Waals surface area (Å²) in [5, 5.41) is 8.67. The molecule has 0 amide bonds. The van der Waals surface area contributed by atoms with Crippen molar-refractivity contribution in [1.82, 2.24) is 0 Å². The lowest BCUT2D eigenvalue weighted by Gasteiger charge is -2.20. The Bertz CT molecular complexity index is 133. The Labute approximate surface area is 68.8 Å². The first-order valence-electron chi connectivity index (χ1n) is 5.01. The summed E-state index contributed by atoms with van der Waals surface area (Å²) in [6, 6.07) is 0. The molecule has 0 saturated heterocycles. The molecule has 0 aromatic heterocycles. The van der Waals surface area contributed by atoms with E-state index in [1.807, 2.05) is 0 Å². The molecule has 2 aliphatic rings. The third kappa shape index (κ3) is 1.76. The smallest absolute Gasteiger partial charge is 0.0431 e. The fraction of sp³-hybridized carbons (Fsp3) is 1.00. The van der Waals surface area contributed by atoms with E-state index in [1.54, 1.807) is 0 Å². The van der Waals surface area contributed by atoms with Gasteiger partial charge in [0.15, 0.2) is 0 Å². The SMILES string of the molecule is OCCCC1CCC2CC2C1. The quantitative estimate of drug-likeness (QED) is 0.660. The molecule has 3 unspecified atom stereocenters. The van der Waals surface area contributed by atoms with Crippen LogP contribution in [-0.2, 0) is 0 Å². The Morgan fingerprint density at radius 1 is 1.09 bits per heavy atom. The first kappa shape index (κ1) is 7.60. The first-order valence-corrected chi connectivity index (χ1v) is 5.01. The minimum Gasteiger partial charge on any atom is -0.396 e. The summed E-state index contributed by atoms with van der Waals surface area (Å²) >= 11 is 0. The molecule has 0 radical (unpaired) electrons. The van der Waals surface area contributed by atoms with Gasteiger partial charge < -0.3 is 5.11 Å². The summed E-state index contributed by atoms with van der Waals surface area (Å²) in [6.07, 6.45) is 8.24. The Morgan fingerprint density at radius 2 is 2.00 bits per heavy atom. The second-order valence-electron chi connectivity index (χ2n) is 4.30. The van der Waals surface area contributed by atoms with E-state index >= 15 is 0 Å². The lowest BCUT2D eigenvalue weighted by molar-refractivity contribution is 0.250. The first-order chi connectivity index (χ1) is 5.40. The number of fused-ring (bicyclic) bond motifs is 1. The number of aliphatic hydroxyl groups excluding tert-OH is 1. The van der Waals surface area contributed by atoms with Crippen molar-refractivity contribution in [2.45, 2.75) is 38.5 Å². The van der Waals surface area contributed by atoms with Gasteiger partial charge in [-0.1, -0.05) is 6.42 Å². The summed E-state index contributed by atoms with van der Waals surface area (Å²) in [7, 11) is 0. The van der Waals surface area contributed by atoms with Crippen molar-refractivity contribution in [3.05, 3.63) is 0 Å². The molecule has 2 aliphatic carbocycles. The van der Waals surface area contributed by atoms with Gasteiger partial charge in [0, 0.05) is 6.61 Å². The van der Waals surface area contributed by atoms with Crippen LogP contribution in [0.25, 0.3) is 0 Å². The number of hydrogen-bond donors (Lipinski definition) is 1. The van der Waals surface area contributed by atoms with Crippen molar-refractivity contribution in [3.63, 3.8) is 0 Å². The number of hydrogen-bond acceptors (Lipinski definition) is 1. The Hall–Kier alpha value is -0.0400. The minimum absolute atomic E-state index is 0.393. The van der Waals surface area contributed by atoms with Gasteiger partial charge in [-0.25, -0.2) is 0 Å². The molecule has 0 aromatic carbocycles. The average molecular weight is 154 g/mol. The van der Waals surface area contributed by atoms with E-state index in [-0.39, 0.29) is 0 Å².